The number of halogens is 1. The minimum atomic E-state index is -0.654. The molecule has 2 amide bonds. The molecule has 3 fully saturated rings. The van der Waals surface area contributed by atoms with Gasteiger partial charge in [-0.2, -0.15) is 5.10 Å². The van der Waals surface area contributed by atoms with E-state index in [0.717, 1.165) is 55.1 Å². The van der Waals surface area contributed by atoms with Gasteiger partial charge in [-0.15, -0.1) is 0 Å². The highest BCUT2D eigenvalue weighted by molar-refractivity contribution is 6.16. The van der Waals surface area contributed by atoms with E-state index in [2.05, 4.69) is 10.2 Å². The lowest BCUT2D eigenvalue weighted by molar-refractivity contribution is -0.131. The minimum Gasteiger partial charge on any atom is -0.342 e. The number of hydrogen-bond donors (Lipinski definition) is 1. The quantitative estimate of drug-likeness (QED) is 0.615. The van der Waals surface area contributed by atoms with Crippen LogP contribution in [0, 0.1) is 17.7 Å². The monoisotopic (exact) mass is 471 g/mol. The van der Waals surface area contributed by atoms with Gasteiger partial charge in [-0.1, -0.05) is 18.2 Å². The first-order valence-corrected chi connectivity index (χ1v) is 12.4. The normalized spacial score (nSPS) is 22.9. The highest BCUT2D eigenvalue weighted by atomic mass is 19.1. The van der Waals surface area contributed by atoms with Gasteiger partial charge in [0, 0.05) is 42.1 Å². The van der Waals surface area contributed by atoms with Gasteiger partial charge in [0.25, 0.3) is 5.91 Å². The van der Waals surface area contributed by atoms with Crippen molar-refractivity contribution in [3.8, 4) is 11.1 Å². The van der Waals surface area contributed by atoms with Crippen molar-refractivity contribution in [1.82, 2.24) is 20.0 Å². The summed E-state index contributed by atoms with van der Waals surface area (Å²) in [6.45, 7) is 1.96. The van der Waals surface area contributed by atoms with Gasteiger partial charge < -0.3 is 4.90 Å². The Labute approximate surface area is 202 Å². The van der Waals surface area contributed by atoms with Crippen molar-refractivity contribution in [1.29, 1.82) is 0 Å². The maximum atomic E-state index is 15.3. The summed E-state index contributed by atoms with van der Waals surface area (Å²) in [6, 6.07) is 10.8. The van der Waals surface area contributed by atoms with E-state index in [0.29, 0.717) is 30.1 Å². The van der Waals surface area contributed by atoms with E-state index in [1.807, 2.05) is 29.2 Å². The third-order valence-corrected chi connectivity index (χ3v) is 7.89. The summed E-state index contributed by atoms with van der Waals surface area (Å²) >= 11 is 0. The van der Waals surface area contributed by atoms with Crippen molar-refractivity contribution in [2.45, 2.75) is 37.6 Å². The van der Waals surface area contributed by atoms with Gasteiger partial charge in [0.2, 0.25) is 5.91 Å². The van der Waals surface area contributed by atoms with Gasteiger partial charge in [-0.25, -0.2) is 4.39 Å². The number of rotatable bonds is 5. The van der Waals surface area contributed by atoms with Crippen LogP contribution in [0.25, 0.3) is 22.0 Å². The Bertz CT molecular complexity index is 1400. The van der Waals surface area contributed by atoms with E-state index in [-0.39, 0.29) is 29.5 Å². The lowest BCUT2D eigenvalue weighted by Gasteiger charge is -2.24. The SMILES string of the molecule is O=C(C1CC1)N1CC[C@@H](CN2C(=O)C3(CC3)N=C2c2ccc(-c3ccc4[nH]ncc4c3)c(F)c2)C1. The summed E-state index contributed by atoms with van der Waals surface area (Å²) in [5.74, 6) is 0.930. The molecule has 2 aliphatic carbocycles. The molecule has 1 aromatic heterocycles. The van der Waals surface area contributed by atoms with Crippen molar-refractivity contribution in [2.24, 2.45) is 16.8 Å². The van der Waals surface area contributed by atoms with Crippen LogP contribution in [0.3, 0.4) is 0 Å². The maximum Gasteiger partial charge on any atom is 0.256 e. The molecular formula is C27H26FN5O2. The molecule has 7 rings (SSSR count). The fourth-order valence-corrected chi connectivity index (χ4v) is 5.52. The molecule has 1 spiro atoms. The molecule has 2 aliphatic heterocycles. The molecule has 2 saturated carbocycles. The molecule has 2 aromatic carbocycles. The zero-order valence-corrected chi connectivity index (χ0v) is 19.3. The Hall–Kier alpha value is -3.55. The molecule has 1 N–H and O–H groups in total. The van der Waals surface area contributed by atoms with Crippen molar-refractivity contribution in [3.05, 3.63) is 54.0 Å². The zero-order chi connectivity index (χ0) is 23.7. The number of nitrogens with one attached hydrogen (secondary N) is 1. The number of aromatic nitrogens is 2. The number of likely N-dealkylation sites (tertiary alicyclic amines) is 1. The van der Waals surface area contributed by atoms with Gasteiger partial charge in [0.15, 0.2) is 0 Å². The number of aliphatic imine (C=N–C) groups is 1. The van der Waals surface area contributed by atoms with Gasteiger partial charge >= 0.3 is 0 Å². The third-order valence-electron chi connectivity index (χ3n) is 7.89. The molecule has 0 unspecified atom stereocenters. The molecule has 0 radical (unpaired) electrons. The average molecular weight is 472 g/mol. The number of benzene rings is 2. The average Bonchev–Trinajstić information content (AvgIpc) is 3.74. The first-order valence-electron chi connectivity index (χ1n) is 12.4. The molecule has 1 saturated heterocycles. The first kappa shape index (κ1) is 20.8. The van der Waals surface area contributed by atoms with Crippen LogP contribution in [0.5, 0.6) is 0 Å². The predicted molar refractivity (Wildman–Crippen MR) is 129 cm³/mol. The Balaban J connectivity index is 1.15. The number of amides is 2. The summed E-state index contributed by atoms with van der Waals surface area (Å²) in [5.41, 5.74) is 2.14. The number of amidine groups is 1. The molecular weight excluding hydrogens is 445 g/mol. The van der Waals surface area contributed by atoms with Crippen molar-refractivity contribution >= 4 is 28.6 Å². The molecule has 3 aromatic rings. The Morgan fingerprint density at radius 2 is 1.94 bits per heavy atom. The summed E-state index contributed by atoms with van der Waals surface area (Å²) in [5, 5.41) is 7.86. The van der Waals surface area contributed by atoms with Gasteiger partial charge in [-0.05, 0) is 61.8 Å². The summed E-state index contributed by atoms with van der Waals surface area (Å²) in [7, 11) is 0. The number of H-pyrrole nitrogens is 1. The number of aromatic amines is 1. The summed E-state index contributed by atoms with van der Waals surface area (Å²) in [6.07, 6.45) is 6.09. The first-order chi connectivity index (χ1) is 17.0. The van der Waals surface area contributed by atoms with Crippen LogP contribution in [0.1, 0.15) is 37.7 Å². The third kappa shape index (κ3) is 3.46. The van der Waals surface area contributed by atoms with Crippen LogP contribution in [0.15, 0.2) is 47.6 Å². The largest absolute Gasteiger partial charge is 0.342 e. The van der Waals surface area contributed by atoms with Crippen molar-refractivity contribution in [3.63, 3.8) is 0 Å². The second kappa shape index (κ2) is 7.47. The molecule has 35 heavy (non-hydrogen) atoms. The summed E-state index contributed by atoms with van der Waals surface area (Å²) < 4.78 is 15.3. The van der Waals surface area contributed by atoms with E-state index >= 15 is 4.39 Å². The van der Waals surface area contributed by atoms with Crippen LogP contribution in [-0.2, 0) is 9.59 Å². The standard InChI is InChI=1S/C27H26FN5O2/c28-22-12-19(3-5-21(22)18-4-6-23-20(11-18)13-29-31-23)24-30-27(8-9-27)26(35)33(24)15-16-7-10-32(14-16)25(34)17-1-2-17/h3-6,11-13,16-17H,1-2,7-10,14-15H2,(H,29,31)/t16-/m1/s1. The van der Waals surface area contributed by atoms with E-state index < -0.39 is 5.54 Å². The second-order valence-corrected chi connectivity index (χ2v) is 10.5. The highest BCUT2D eigenvalue weighted by Crippen LogP contribution is 2.46. The van der Waals surface area contributed by atoms with Gasteiger partial charge in [0.05, 0.1) is 11.7 Å². The molecule has 4 aliphatic rings. The number of carbonyl (C=O) groups excluding carboxylic acids is 2. The van der Waals surface area contributed by atoms with Crippen LogP contribution in [-0.4, -0.2) is 62.8 Å². The van der Waals surface area contributed by atoms with Crippen molar-refractivity contribution < 1.29 is 14.0 Å². The van der Waals surface area contributed by atoms with E-state index in [1.54, 1.807) is 17.2 Å². The number of carbonyl (C=O) groups is 2. The van der Waals surface area contributed by atoms with E-state index in [4.69, 9.17) is 4.99 Å². The maximum absolute atomic E-state index is 15.3. The van der Waals surface area contributed by atoms with Gasteiger partial charge in [0.1, 0.15) is 17.2 Å². The molecule has 1 atom stereocenters. The molecule has 178 valence electrons. The highest BCUT2D eigenvalue weighted by Gasteiger charge is 2.57. The Morgan fingerprint density at radius 1 is 1.11 bits per heavy atom. The van der Waals surface area contributed by atoms with Crippen LogP contribution >= 0.6 is 0 Å². The fourth-order valence-electron chi connectivity index (χ4n) is 5.52. The van der Waals surface area contributed by atoms with Gasteiger partial charge in [-0.3, -0.25) is 24.6 Å². The summed E-state index contributed by atoms with van der Waals surface area (Å²) in [4.78, 5) is 34.3. The Kier molecular flexibility index (Phi) is 4.44. The van der Waals surface area contributed by atoms with Crippen molar-refractivity contribution in [2.75, 3.05) is 19.6 Å². The van der Waals surface area contributed by atoms with E-state index in [9.17, 15) is 9.59 Å². The number of hydrogen-bond acceptors (Lipinski definition) is 4. The Morgan fingerprint density at radius 3 is 2.71 bits per heavy atom. The van der Waals surface area contributed by atoms with Crippen LogP contribution in [0.4, 0.5) is 4.39 Å². The zero-order valence-electron chi connectivity index (χ0n) is 19.3. The number of nitrogens with zero attached hydrogens (tertiary/aromatic N) is 4. The minimum absolute atomic E-state index is 0.0226. The molecule has 0 bridgehead atoms. The predicted octanol–water partition coefficient (Wildman–Crippen LogP) is 3.75. The van der Waals surface area contributed by atoms with Crippen LogP contribution < -0.4 is 0 Å². The second-order valence-electron chi connectivity index (χ2n) is 10.5. The lowest BCUT2D eigenvalue weighted by atomic mass is 10.0. The topological polar surface area (TPSA) is 81.7 Å². The molecule has 3 heterocycles. The lowest BCUT2D eigenvalue weighted by Crippen LogP contribution is -2.41. The molecule has 7 nitrogen and oxygen atoms in total. The smallest absolute Gasteiger partial charge is 0.256 e. The number of fused-ring (bicyclic) bond motifs is 1. The van der Waals surface area contributed by atoms with E-state index in [1.165, 1.54) is 6.07 Å². The molecule has 8 heteroatoms. The van der Waals surface area contributed by atoms with Crippen LogP contribution in [0.2, 0.25) is 0 Å². The fraction of sp³-hybridized carbons (Fsp3) is 0.407.